The summed E-state index contributed by atoms with van der Waals surface area (Å²) in [6, 6.07) is 0.839. The first-order chi connectivity index (χ1) is 6.53. The van der Waals surface area contributed by atoms with E-state index in [2.05, 4.69) is 38.0 Å². The van der Waals surface area contributed by atoms with Gasteiger partial charge in [0.15, 0.2) is 0 Å². The number of nitrogens with zero attached hydrogens (tertiary/aromatic N) is 1. The monoisotopic (exact) mass is 198 g/mol. The van der Waals surface area contributed by atoms with Gasteiger partial charge in [-0.2, -0.15) is 0 Å². The molecule has 0 amide bonds. The highest BCUT2D eigenvalue weighted by atomic mass is 15.1. The van der Waals surface area contributed by atoms with Crippen LogP contribution in [0.4, 0.5) is 0 Å². The highest BCUT2D eigenvalue weighted by Crippen LogP contribution is 2.22. The quantitative estimate of drug-likeness (QED) is 0.674. The molecule has 1 N–H and O–H groups in total. The van der Waals surface area contributed by atoms with Crippen LogP contribution in [0.2, 0.25) is 0 Å². The lowest BCUT2D eigenvalue weighted by atomic mass is 9.92. The van der Waals surface area contributed by atoms with E-state index in [4.69, 9.17) is 0 Å². The Morgan fingerprint density at radius 1 is 1.36 bits per heavy atom. The van der Waals surface area contributed by atoms with Crippen molar-refractivity contribution in [1.29, 1.82) is 0 Å². The van der Waals surface area contributed by atoms with E-state index in [1.807, 2.05) is 0 Å². The normalized spacial score (nSPS) is 17.8. The molecule has 1 aliphatic rings. The lowest BCUT2D eigenvalue weighted by molar-refractivity contribution is 0.204. The molecular weight excluding hydrogens is 172 g/mol. The average Bonchev–Trinajstić information content (AvgIpc) is 2.83. The van der Waals surface area contributed by atoms with Crippen molar-refractivity contribution in [2.75, 3.05) is 26.7 Å². The van der Waals surface area contributed by atoms with Crippen LogP contribution in [-0.4, -0.2) is 37.6 Å². The topological polar surface area (TPSA) is 15.3 Å². The van der Waals surface area contributed by atoms with Gasteiger partial charge < -0.3 is 10.2 Å². The molecule has 14 heavy (non-hydrogen) atoms. The van der Waals surface area contributed by atoms with Crippen LogP contribution in [0.5, 0.6) is 0 Å². The first kappa shape index (κ1) is 12.0. The number of hydrogen-bond acceptors (Lipinski definition) is 2. The SMILES string of the molecule is CCCN(C)CC(C)(C)CNC1CC1. The minimum atomic E-state index is 0.409. The fourth-order valence-corrected chi connectivity index (χ4v) is 1.96. The van der Waals surface area contributed by atoms with Gasteiger partial charge in [-0.1, -0.05) is 20.8 Å². The summed E-state index contributed by atoms with van der Waals surface area (Å²) in [5.41, 5.74) is 0.409. The van der Waals surface area contributed by atoms with Gasteiger partial charge in [-0.05, 0) is 38.3 Å². The third-order valence-electron chi connectivity index (χ3n) is 2.75. The maximum atomic E-state index is 3.62. The van der Waals surface area contributed by atoms with Crippen LogP contribution in [0.25, 0.3) is 0 Å². The molecule has 1 aliphatic carbocycles. The molecular formula is C12H26N2. The van der Waals surface area contributed by atoms with Crippen LogP contribution in [0.3, 0.4) is 0 Å². The Morgan fingerprint density at radius 2 is 2.00 bits per heavy atom. The Morgan fingerprint density at radius 3 is 2.50 bits per heavy atom. The molecule has 0 saturated heterocycles. The fourth-order valence-electron chi connectivity index (χ4n) is 1.96. The number of rotatable bonds is 7. The zero-order valence-electron chi connectivity index (χ0n) is 10.3. The van der Waals surface area contributed by atoms with Gasteiger partial charge in [0, 0.05) is 19.1 Å². The van der Waals surface area contributed by atoms with Crippen LogP contribution in [0.1, 0.15) is 40.0 Å². The molecule has 0 atom stereocenters. The van der Waals surface area contributed by atoms with Crippen molar-refractivity contribution >= 4 is 0 Å². The molecule has 84 valence electrons. The molecule has 0 bridgehead atoms. The summed E-state index contributed by atoms with van der Waals surface area (Å²) in [6.45, 7) is 10.5. The van der Waals surface area contributed by atoms with Crippen LogP contribution in [0.15, 0.2) is 0 Å². The van der Waals surface area contributed by atoms with E-state index in [1.165, 1.54) is 32.4 Å². The Balaban J connectivity index is 2.16. The van der Waals surface area contributed by atoms with Gasteiger partial charge >= 0.3 is 0 Å². The van der Waals surface area contributed by atoms with E-state index in [0.29, 0.717) is 5.41 Å². The number of nitrogens with one attached hydrogen (secondary N) is 1. The maximum Gasteiger partial charge on any atom is 0.00684 e. The predicted molar refractivity (Wildman–Crippen MR) is 62.6 cm³/mol. The van der Waals surface area contributed by atoms with Crippen molar-refractivity contribution < 1.29 is 0 Å². The zero-order chi connectivity index (χ0) is 10.6. The minimum absolute atomic E-state index is 0.409. The Hall–Kier alpha value is -0.0800. The van der Waals surface area contributed by atoms with E-state index < -0.39 is 0 Å². The molecule has 2 nitrogen and oxygen atoms in total. The minimum Gasteiger partial charge on any atom is -0.313 e. The van der Waals surface area contributed by atoms with Gasteiger partial charge in [-0.15, -0.1) is 0 Å². The van der Waals surface area contributed by atoms with Crippen molar-refractivity contribution in [3.8, 4) is 0 Å². The largest absolute Gasteiger partial charge is 0.313 e. The third-order valence-corrected chi connectivity index (χ3v) is 2.75. The molecule has 0 radical (unpaired) electrons. The summed E-state index contributed by atoms with van der Waals surface area (Å²) in [7, 11) is 2.22. The lowest BCUT2D eigenvalue weighted by Gasteiger charge is -2.30. The second-order valence-electron chi connectivity index (χ2n) is 5.56. The van der Waals surface area contributed by atoms with Gasteiger partial charge in [0.2, 0.25) is 0 Å². The molecule has 0 aromatic heterocycles. The first-order valence-electron chi connectivity index (χ1n) is 5.95. The van der Waals surface area contributed by atoms with Crippen molar-refractivity contribution in [3.05, 3.63) is 0 Å². The van der Waals surface area contributed by atoms with Crippen LogP contribution < -0.4 is 5.32 Å². The molecule has 1 rings (SSSR count). The molecule has 1 saturated carbocycles. The second-order valence-corrected chi connectivity index (χ2v) is 5.56. The van der Waals surface area contributed by atoms with Crippen LogP contribution >= 0.6 is 0 Å². The molecule has 1 fully saturated rings. The molecule has 0 aromatic rings. The highest BCUT2D eigenvalue weighted by Gasteiger charge is 2.25. The molecule has 0 unspecified atom stereocenters. The van der Waals surface area contributed by atoms with Gasteiger partial charge in [0.1, 0.15) is 0 Å². The van der Waals surface area contributed by atoms with E-state index >= 15 is 0 Å². The molecule has 0 aliphatic heterocycles. The van der Waals surface area contributed by atoms with Crippen molar-refractivity contribution in [2.45, 2.75) is 46.1 Å². The first-order valence-corrected chi connectivity index (χ1v) is 5.95. The van der Waals surface area contributed by atoms with Crippen molar-refractivity contribution in [3.63, 3.8) is 0 Å². The fraction of sp³-hybridized carbons (Fsp3) is 1.00. The van der Waals surface area contributed by atoms with Gasteiger partial charge in [-0.3, -0.25) is 0 Å². The van der Waals surface area contributed by atoms with E-state index in [0.717, 1.165) is 12.6 Å². The summed E-state index contributed by atoms with van der Waals surface area (Å²) in [5.74, 6) is 0. The Labute approximate surface area is 89.1 Å². The zero-order valence-corrected chi connectivity index (χ0v) is 10.3. The summed E-state index contributed by atoms with van der Waals surface area (Å²) < 4.78 is 0. The summed E-state index contributed by atoms with van der Waals surface area (Å²) in [6.07, 6.45) is 4.03. The Bertz CT molecular complexity index is 162. The van der Waals surface area contributed by atoms with E-state index in [1.54, 1.807) is 0 Å². The van der Waals surface area contributed by atoms with Gasteiger partial charge in [0.25, 0.3) is 0 Å². The van der Waals surface area contributed by atoms with E-state index in [-0.39, 0.29) is 0 Å². The summed E-state index contributed by atoms with van der Waals surface area (Å²) in [4.78, 5) is 2.44. The summed E-state index contributed by atoms with van der Waals surface area (Å²) >= 11 is 0. The number of hydrogen-bond donors (Lipinski definition) is 1. The Kier molecular flexibility index (Phi) is 4.39. The van der Waals surface area contributed by atoms with Crippen LogP contribution in [-0.2, 0) is 0 Å². The van der Waals surface area contributed by atoms with Crippen molar-refractivity contribution in [2.24, 2.45) is 5.41 Å². The van der Waals surface area contributed by atoms with Crippen LogP contribution in [0, 0.1) is 5.41 Å². The molecule has 0 spiro atoms. The third kappa shape index (κ3) is 4.97. The van der Waals surface area contributed by atoms with Gasteiger partial charge in [0.05, 0.1) is 0 Å². The average molecular weight is 198 g/mol. The maximum absolute atomic E-state index is 3.62. The molecule has 0 heterocycles. The highest BCUT2D eigenvalue weighted by molar-refractivity contribution is 4.84. The lowest BCUT2D eigenvalue weighted by Crippen LogP contribution is -2.39. The predicted octanol–water partition coefficient (Wildman–Crippen LogP) is 2.11. The van der Waals surface area contributed by atoms with E-state index in [9.17, 15) is 0 Å². The summed E-state index contributed by atoms with van der Waals surface area (Å²) in [5, 5.41) is 3.62. The second kappa shape index (κ2) is 5.13. The smallest absolute Gasteiger partial charge is 0.00684 e. The molecule has 0 aromatic carbocycles. The van der Waals surface area contributed by atoms with Gasteiger partial charge in [-0.25, -0.2) is 0 Å². The standard InChI is InChI=1S/C12H26N2/c1-5-8-14(4)10-12(2,3)9-13-11-6-7-11/h11,13H,5-10H2,1-4H3. The van der Waals surface area contributed by atoms with Crippen molar-refractivity contribution in [1.82, 2.24) is 10.2 Å². The molecule has 2 heteroatoms.